The zero-order valence-corrected chi connectivity index (χ0v) is 8.74. The van der Waals surface area contributed by atoms with E-state index < -0.39 is 11.9 Å². The maximum atomic E-state index is 9.56. The Morgan fingerprint density at radius 2 is 1.38 bits per heavy atom. The molecule has 0 unspecified atom stereocenters. The summed E-state index contributed by atoms with van der Waals surface area (Å²) in [6, 6.07) is 0. The zero-order valence-electron chi connectivity index (χ0n) is 8.74. The van der Waals surface area contributed by atoms with Gasteiger partial charge in [-0.1, -0.05) is 18.7 Å². The van der Waals surface area contributed by atoms with E-state index in [9.17, 15) is 9.59 Å². The lowest BCUT2D eigenvalue weighted by Gasteiger charge is -1.73. The number of aliphatic hydroxyl groups is 2. The molecule has 0 heterocycles. The third kappa shape index (κ3) is 57.5. The smallest absolute Gasteiger partial charge is 0.328 e. The van der Waals surface area contributed by atoms with E-state index in [1.54, 1.807) is 0 Å². The topological polar surface area (TPSA) is 115 Å². The Labute approximate surface area is 93.5 Å². The van der Waals surface area contributed by atoms with Gasteiger partial charge in [0.15, 0.2) is 0 Å². The largest absolute Gasteiger partial charge is 0.478 e. The fraction of sp³-hybridized carbons (Fsp3) is 0.200. The number of carboxylic acid groups (broad SMARTS) is 2. The first-order valence-electron chi connectivity index (χ1n) is 4.03. The fourth-order valence-electron chi connectivity index (χ4n) is 0.154. The van der Waals surface area contributed by atoms with Crippen molar-refractivity contribution in [2.45, 2.75) is 0 Å². The average Bonchev–Trinajstić information content (AvgIpc) is 2.27. The SMILES string of the molecule is C=CC(=O)O.C=CCO.O=C(O)C=CCO. The molecule has 0 aromatic carbocycles. The van der Waals surface area contributed by atoms with E-state index >= 15 is 0 Å². The Hall–Kier alpha value is -1.92. The molecule has 0 amide bonds. The molecule has 0 aromatic rings. The van der Waals surface area contributed by atoms with Crippen LogP contribution in [0.15, 0.2) is 37.5 Å². The highest BCUT2D eigenvalue weighted by molar-refractivity contribution is 5.79. The van der Waals surface area contributed by atoms with Gasteiger partial charge in [0.05, 0.1) is 13.2 Å². The van der Waals surface area contributed by atoms with Crippen LogP contribution in [0.25, 0.3) is 0 Å². The molecule has 0 aliphatic carbocycles. The van der Waals surface area contributed by atoms with Gasteiger partial charge in [-0.2, -0.15) is 0 Å². The summed E-state index contributed by atoms with van der Waals surface area (Å²) in [5, 5.41) is 31.2. The molecule has 16 heavy (non-hydrogen) atoms. The van der Waals surface area contributed by atoms with Crippen molar-refractivity contribution in [3.8, 4) is 0 Å². The van der Waals surface area contributed by atoms with Crippen LogP contribution in [0.5, 0.6) is 0 Å². The molecule has 0 radical (unpaired) electrons. The van der Waals surface area contributed by atoms with Crippen LogP contribution in [0.4, 0.5) is 0 Å². The van der Waals surface area contributed by atoms with Crippen LogP contribution in [0, 0.1) is 0 Å². The second kappa shape index (κ2) is 18.8. The Bertz CT molecular complexity index is 231. The summed E-state index contributed by atoms with van der Waals surface area (Å²) in [5.74, 6) is -2.01. The van der Waals surface area contributed by atoms with Gasteiger partial charge in [-0.25, -0.2) is 9.59 Å². The van der Waals surface area contributed by atoms with Gasteiger partial charge < -0.3 is 20.4 Å². The summed E-state index contributed by atoms with van der Waals surface area (Å²) in [7, 11) is 0. The molecular weight excluding hydrogens is 216 g/mol. The van der Waals surface area contributed by atoms with E-state index in [4.69, 9.17) is 20.4 Å². The van der Waals surface area contributed by atoms with E-state index in [0.29, 0.717) is 0 Å². The summed E-state index contributed by atoms with van der Waals surface area (Å²) >= 11 is 0. The molecule has 0 bridgehead atoms. The average molecular weight is 232 g/mol. The van der Waals surface area contributed by atoms with Crippen molar-refractivity contribution in [1.29, 1.82) is 0 Å². The molecule has 0 saturated carbocycles. The van der Waals surface area contributed by atoms with Crippen LogP contribution in [0.2, 0.25) is 0 Å². The van der Waals surface area contributed by atoms with Crippen molar-refractivity contribution in [2.24, 2.45) is 0 Å². The highest BCUT2D eigenvalue weighted by Gasteiger charge is 1.79. The van der Waals surface area contributed by atoms with Gasteiger partial charge in [-0.3, -0.25) is 0 Å². The molecule has 0 spiro atoms. The fourth-order valence-corrected chi connectivity index (χ4v) is 0.154. The number of aliphatic carboxylic acids is 2. The van der Waals surface area contributed by atoms with Crippen molar-refractivity contribution in [2.75, 3.05) is 13.2 Å². The maximum Gasteiger partial charge on any atom is 0.328 e. The molecule has 0 fully saturated rings. The minimum Gasteiger partial charge on any atom is -0.478 e. The predicted molar refractivity (Wildman–Crippen MR) is 59.0 cm³/mol. The molecular formula is C10H16O6. The highest BCUT2D eigenvalue weighted by atomic mass is 16.4. The zero-order chi connectivity index (χ0) is 13.4. The van der Waals surface area contributed by atoms with Gasteiger partial charge >= 0.3 is 11.9 Å². The lowest BCUT2D eigenvalue weighted by molar-refractivity contribution is -0.132. The van der Waals surface area contributed by atoms with E-state index in [0.717, 1.165) is 18.2 Å². The molecule has 0 rings (SSSR count). The van der Waals surface area contributed by atoms with Gasteiger partial charge in [0.25, 0.3) is 0 Å². The predicted octanol–water partition coefficient (Wildman–Crippen LogP) is 0.0412. The van der Waals surface area contributed by atoms with Crippen molar-refractivity contribution >= 4 is 11.9 Å². The van der Waals surface area contributed by atoms with E-state index in [1.165, 1.54) is 6.08 Å². The molecule has 0 saturated heterocycles. The maximum absolute atomic E-state index is 9.56. The molecule has 0 aromatic heterocycles. The minimum atomic E-state index is -1.03. The van der Waals surface area contributed by atoms with Crippen LogP contribution in [-0.2, 0) is 9.59 Å². The van der Waals surface area contributed by atoms with Crippen molar-refractivity contribution in [3.63, 3.8) is 0 Å². The van der Waals surface area contributed by atoms with Crippen LogP contribution in [-0.4, -0.2) is 45.6 Å². The Balaban J connectivity index is -0.000000166. The molecule has 0 atom stereocenters. The molecule has 92 valence electrons. The number of hydrogen-bond acceptors (Lipinski definition) is 4. The number of carbonyl (C=O) groups is 2. The lowest BCUT2D eigenvalue weighted by Crippen LogP contribution is -1.86. The first-order valence-corrected chi connectivity index (χ1v) is 4.03. The summed E-state index contributed by atoms with van der Waals surface area (Å²) in [6.45, 7) is 6.06. The monoisotopic (exact) mass is 232 g/mol. The Kier molecular flexibility index (Phi) is 23.0. The highest BCUT2D eigenvalue weighted by Crippen LogP contribution is 1.67. The van der Waals surface area contributed by atoms with Crippen molar-refractivity contribution in [3.05, 3.63) is 37.5 Å². The minimum absolute atomic E-state index is 0.0833. The van der Waals surface area contributed by atoms with Crippen LogP contribution < -0.4 is 0 Å². The van der Waals surface area contributed by atoms with Crippen LogP contribution in [0.1, 0.15) is 0 Å². The molecule has 6 nitrogen and oxygen atoms in total. The third-order valence-electron chi connectivity index (χ3n) is 0.670. The number of aliphatic hydroxyl groups excluding tert-OH is 2. The quantitative estimate of drug-likeness (QED) is 0.402. The normalized spacial score (nSPS) is 7.88. The van der Waals surface area contributed by atoms with Gasteiger partial charge in [0.2, 0.25) is 0 Å². The summed E-state index contributed by atoms with van der Waals surface area (Å²) in [6.07, 6.45) is 4.31. The Morgan fingerprint density at radius 1 is 1.00 bits per heavy atom. The van der Waals surface area contributed by atoms with Crippen molar-refractivity contribution < 1.29 is 30.0 Å². The van der Waals surface area contributed by atoms with Crippen LogP contribution >= 0.6 is 0 Å². The first-order chi connectivity index (χ1) is 7.45. The third-order valence-corrected chi connectivity index (χ3v) is 0.670. The van der Waals surface area contributed by atoms with E-state index in [1.807, 2.05) is 0 Å². The lowest BCUT2D eigenvalue weighted by atomic mass is 10.5. The number of rotatable bonds is 4. The van der Waals surface area contributed by atoms with Gasteiger partial charge in [-0.05, 0) is 0 Å². The standard InChI is InChI=1S/C4H6O3.C3H4O2.C3H6O/c5-3-1-2-4(6)7;1-2-3(4)5;1-2-3-4/h1-2,5H,3H2,(H,6,7);2H,1H2,(H,4,5);2,4H,1,3H2. The molecule has 4 N–H and O–H groups in total. The van der Waals surface area contributed by atoms with Gasteiger partial charge in [0, 0.05) is 12.2 Å². The molecule has 0 aliphatic rings. The second-order valence-electron chi connectivity index (χ2n) is 1.94. The van der Waals surface area contributed by atoms with E-state index in [-0.39, 0.29) is 13.2 Å². The number of hydrogen-bond donors (Lipinski definition) is 4. The summed E-state index contributed by atoms with van der Waals surface area (Å²) in [5.41, 5.74) is 0. The summed E-state index contributed by atoms with van der Waals surface area (Å²) in [4.78, 5) is 18.8. The second-order valence-corrected chi connectivity index (χ2v) is 1.94. The molecule has 6 heteroatoms. The first kappa shape index (κ1) is 19.6. The summed E-state index contributed by atoms with van der Waals surface area (Å²) < 4.78 is 0. The van der Waals surface area contributed by atoms with Crippen LogP contribution in [0.3, 0.4) is 0 Å². The van der Waals surface area contributed by atoms with Gasteiger partial charge in [-0.15, -0.1) is 6.58 Å². The van der Waals surface area contributed by atoms with Gasteiger partial charge in [0.1, 0.15) is 0 Å². The number of carboxylic acids is 2. The van der Waals surface area contributed by atoms with Crippen molar-refractivity contribution in [1.82, 2.24) is 0 Å². The van der Waals surface area contributed by atoms with E-state index in [2.05, 4.69) is 13.2 Å². The molecule has 0 aliphatic heterocycles. The Morgan fingerprint density at radius 3 is 1.44 bits per heavy atom.